The van der Waals surface area contributed by atoms with Crippen molar-refractivity contribution < 1.29 is 10.2 Å². The molecule has 10 aromatic rings. The van der Waals surface area contributed by atoms with E-state index in [1.165, 1.54) is 101 Å². The largest absolute Gasteiger partial charge is 0.505 e. The van der Waals surface area contributed by atoms with Crippen LogP contribution in [0.4, 0.5) is 0 Å². The molecule has 0 bridgehead atoms. The second-order valence-corrected chi connectivity index (χ2v) is 17.1. The predicted molar refractivity (Wildman–Crippen MR) is 261 cm³/mol. The first-order valence-corrected chi connectivity index (χ1v) is 21.8. The Balaban J connectivity index is 0.000000211. The van der Waals surface area contributed by atoms with Crippen molar-refractivity contribution in [3.05, 3.63) is 214 Å². The first kappa shape index (κ1) is 40.5. The summed E-state index contributed by atoms with van der Waals surface area (Å²) in [6.07, 6.45) is 0. The van der Waals surface area contributed by atoms with E-state index in [9.17, 15) is 10.2 Å². The fraction of sp³-hybridized carbons (Fsp3) is 0. The summed E-state index contributed by atoms with van der Waals surface area (Å²) in [4.78, 5) is 0.789. The van der Waals surface area contributed by atoms with Crippen molar-refractivity contribution in [1.82, 2.24) is 0 Å². The van der Waals surface area contributed by atoms with Gasteiger partial charge in [0.1, 0.15) is 11.5 Å². The van der Waals surface area contributed by atoms with E-state index in [0.717, 1.165) is 11.8 Å². The third-order valence-electron chi connectivity index (χ3n) is 10.6. The summed E-state index contributed by atoms with van der Waals surface area (Å²) in [6, 6.07) is 67.6. The zero-order chi connectivity index (χ0) is 42.0. The lowest BCUT2D eigenvalue weighted by molar-refractivity contribution is 0.460. The maximum atomic E-state index is 9.85. The van der Waals surface area contributed by atoms with Gasteiger partial charge in [0, 0.05) is 10.0 Å². The number of phenols is 2. The van der Waals surface area contributed by atoms with Crippen LogP contribution in [-0.4, -0.2) is 10.2 Å². The monoisotopic (exact) mass is 886 g/mol. The summed E-state index contributed by atoms with van der Waals surface area (Å²) in [5.41, 5.74) is 10.0. The minimum atomic E-state index is -0.119. The smallest absolute Gasteiger partial charge is 0.148 e. The molecule has 296 valence electrons. The summed E-state index contributed by atoms with van der Waals surface area (Å²) < 4.78 is 0. The zero-order valence-electron chi connectivity index (χ0n) is 32.3. The third kappa shape index (κ3) is 7.92. The fourth-order valence-electron chi connectivity index (χ4n) is 8.10. The maximum absolute atomic E-state index is 9.85. The molecule has 0 saturated carbocycles. The van der Waals surface area contributed by atoms with Gasteiger partial charge >= 0.3 is 0 Å². The minimum absolute atomic E-state index is 0.119. The molecular formula is C54H34Cl4O2S. The topological polar surface area (TPSA) is 40.5 Å². The van der Waals surface area contributed by atoms with Crippen molar-refractivity contribution in [2.75, 3.05) is 0 Å². The number of hydrogen-bond acceptors (Lipinski definition) is 3. The summed E-state index contributed by atoms with van der Waals surface area (Å²) in [6.45, 7) is 0. The molecule has 10 aromatic carbocycles. The fourth-order valence-corrected chi connectivity index (χ4v) is 10.4. The SMILES string of the molecule is Oc1c(Cl)cc(Cl)cc1Sc1cc(Cl)cc(Cl)c1O.c1ccc(-c2c3ccccc3c(-c3ccccc3)c3c(-c4ccccc4)c4ccccc4c(-c4ccccc4)c23)cc1. The number of fused-ring (bicyclic) bond motifs is 3. The Bertz CT molecular complexity index is 2840. The van der Waals surface area contributed by atoms with E-state index < -0.39 is 0 Å². The Morgan fingerprint density at radius 3 is 0.820 bits per heavy atom. The highest BCUT2D eigenvalue weighted by Crippen LogP contribution is 2.53. The Morgan fingerprint density at radius 1 is 0.311 bits per heavy atom. The van der Waals surface area contributed by atoms with E-state index in [4.69, 9.17) is 46.4 Å². The van der Waals surface area contributed by atoms with E-state index in [1.807, 2.05) is 0 Å². The summed E-state index contributed by atoms with van der Waals surface area (Å²) in [5.74, 6) is -0.238. The highest BCUT2D eigenvalue weighted by atomic mass is 35.5. The van der Waals surface area contributed by atoms with Crippen molar-refractivity contribution >= 4 is 90.5 Å². The summed E-state index contributed by atoms with van der Waals surface area (Å²) in [7, 11) is 0. The number of hydrogen-bond donors (Lipinski definition) is 2. The van der Waals surface area contributed by atoms with Gasteiger partial charge in [-0.05, 0) is 101 Å². The molecule has 10 rings (SSSR count). The van der Waals surface area contributed by atoms with E-state index in [2.05, 4.69) is 170 Å². The van der Waals surface area contributed by atoms with E-state index in [-0.39, 0.29) is 21.5 Å². The van der Waals surface area contributed by atoms with Crippen LogP contribution in [0.1, 0.15) is 0 Å². The van der Waals surface area contributed by atoms with E-state index in [1.54, 1.807) is 0 Å². The Morgan fingerprint density at radius 2 is 0.557 bits per heavy atom. The Hall–Kier alpha value is -5.91. The van der Waals surface area contributed by atoms with Crippen molar-refractivity contribution in [3.63, 3.8) is 0 Å². The van der Waals surface area contributed by atoms with Gasteiger partial charge in [0.05, 0.1) is 19.8 Å². The summed E-state index contributed by atoms with van der Waals surface area (Å²) in [5, 5.41) is 28.4. The van der Waals surface area contributed by atoms with Crippen LogP contribution in [0, 0.1) is 0 Å². The van der Waals surface area contributed by atoms with Gasteiger partial charge in [-0.25, -0.2) is 0 Å². The van der Waals surface area contributed by atoms with Gasteiger partial charge in [-0.3, -0.25) is 0 Å². The molecule has 0 aliphatic carbocycles. The molecule has 0 aromatic heterocycles. The molecule has 2 nitrogen and oxygen atoms in total. The molecule has 0 amide bonds. The minimum Gasteiger partial charge on any atom is -0.505 e. The van der Waals surface area contributed by atoms with Crippen LogP contribution < -0.4 is 0 Å². The van der Waals surface area contributed by atoms with Crippen LogP contribution in [0.25, 0.3) is 76.8 Å². The lowest BCUT2D eigenvalue weighted by Crippen LogP contribution is -1.97. The van der Waals surface area contributed by atoms with E-state index >= 15 is 0 Å². The second-order valence-electron chi connectivity index (χ2n) is 14.4. The van der Waals surface area contributed by atoms with Crippen LogP contribution in [0.3, 0.4) is 0 Å². The number of aromatic hydroxyl groups is 2. The van der Waals surface area contributed by atoms with Gasteiger partial charge in [0.2, 0.25) is 0 Å². The number of phenolic OH excluding ortho intramolecular Hbond substituents is 2. The van der Waals surface area contributed by atoms with Crippen LogP contribution in [0.15, 0.2) is 204 Å². The lowest BCUT2D eigenvalue weighted by Gasteiger charge is -2.25. The van der Waals surface area contributed by atoms with Gasteiger partial charge in [0.25, 0.3) is 0 Å². The number of rotatable bonds is 6. The average Bonchev–Trinajstić information content (AvgIpc) is 3.29. The summed E-state index contributed by atoms with van der Waals surface area (Å²) >= 11 is 24.4. The van der Waals surface area contributed by atoms with Crippen molar-refractivity contribution in [2.24, 2.45) is 0 Å². The van der Waals surface area contributed by atoms with Gasteiger partial charge in [-0.15, -0.1) is 0 Å². The highest BCUT2D eigenvalue weighted by molar-refractivity contribution is 7.99. The molecule has 0 heterocycles. The molecule has 0 spiro atoms. The molecule has 0 fully saturated rings. The van der Waals surface area contributed by atoms with Crippen LogP contribution in [-0.2, 0) is 0 Å². The highest BCUT2D eigenvalue weighted by Gasteiger charge is 2.25. The molecule has 2 N–H and O–H groups in total. The Labute approximate surface area is 378 Å². The van der Waals surface area contributed by atoms with Crippen molar-refractivity contribution in [3.8, 4) is 56.0 Å². The predicted octanol–water partition coefficient (Wildman–Crippen LogP) is 17.7. The van der Waals surface area contributed by atoms with Gasteiger partial charge in [-0.2, -0.15) is 0 Å². The van der Waals surface area contributed by atoms with Crippen molar-refractivity contribution in [1.29, 1.82) is 0 Å². The molecule has 61 heavy (non-hydrogen) atoms. The van der Waals surface area contributed by atoms with Crippen LogP contribution in [0.2, 0.25) is 20.1 Å². The standard InChI is InChI=1S/C42H28.C12H6Cl4O2S/c1-5-17-29(18-6-1)37-33-25-13-14-26-34(33)39(31-21-9-3-10-22-31)42-40(32-23-11-4-12-24-32)36-28-16-15-27-35(36)38(41(37)42)30-19-7-2-8-20-30;13-5-1-7(15)11(17)9(3-5)19-10-4-6(14)2-8(16)12(10)18/h1-28H;1-4,17-18H. The first-order chi connectivity index (χ1) is 29.8. The first-order valence-electron chi connectivity index (χ1n) is 19.5. The van der Waals surface area contributed by atoms with Gasteiger partial charge in [-0.1, -0.05) is 228 Å². The maximum Gasteiger partial charge on any atom is 0.148 e. The van der Waals surface area contributed by atoms with Crippen LogP contribution in [0.5, 0.6) is 11.5 Å². The Kier molecular flexibility index (Phi) is 11.7. The third-order valence-corrected chi connectivity index (χ3v) is 12.7. The molecule has 0 saturated heterocycles. The lowest BCUT2D eigenvalue weighted by atomic mass is 9.77. The van der Waals surface area contributed by atoms with Crippen molar-refractivity contribution in [2.45, 2.75) is 9.79 Å². The second kappa shape index (κ2) is 17.6. The molecule has 7 heteroatoms. The molecular weight excluding hydrogens is 854 g/mol. The number of benzene rings is 10. The quantitative estimate of drug-likeness (QED) is 0.163. The molecule has 0 unspecified atom stereocenters. The molecule has 0 aliphatic heterocycles. The number of halogens is 4. The van der Waals surface area contributed by atoms with Crippen LogP contribution >= 0.6 is 58.2 Å². The molecule has 0 radical (unpaired) electrons. The average molecular weight is 889 g/mol. The molecule has 0 aliphatic rings. The zero-order valence-corrected chi connectivity index (χ0v) is 36.1. The van der Waals surface area contributed by atoms with E-state index in [0.29, 0.717) is 19.8 Å². The van der Waals surface area contributed by atoms with Gasteiger partial charge < -0.3 is 10.2 Å². The van der Waals surface area contributed by atoms with Gasteiger partial charge in [0.15, 0.2) is 0 Å². The normalized spacial score (nSPS) is 11.1. The molecule has 0 atom stereocenters.